The summed E-state index contributed by atoms with van der Waals surface area (Å²) >= 11 is 1.22. The lowest BCUT2D eigenvalue weighted by Crippen LogP contribution is -2.25. The summed E-state index contributed by atoms with van der Waals surface area (Å²) in [4.78, 5) is 31.2. The highest BCUT2D eigenvalue weighted by atomic mass is 32.2. The van der Waals surface area contributed by atoms with Crippen molar-refractivity contribution in [3.05, 3.63) is 42.0 Å². The quantitative estimate of drug-likeness (QED) is 0.163. The minimum Gasteiger partial charge on any atom is -0.476 e. The van der Waals surface area contributed by atoms with Gasteiger partial charge in [0.1, 0.15) is 17.0 Å². The van der Waals surface area contributed by atoms with E-state index in [1.807, 2.05) is 6.07 Å². The van der Waals surface area contributed by atoms with Gasteiger partial charge in [0.15, 0.2) is 26.8 Å². The standard InChI is InChI=1S/C28H35N5O7S2/c1-37-15-4-18-42(35,36)22-7-5-20(6-8-22)25(32-40-21-11-16-38-19-21)26(34)31-28-29-23-9-10-24(30-27(23)41-28)39-17-14-33-12-2-3-13-33/h5-10,21H,2-4,11-19H2,1H3,(H,29,31,34)/b32-25+/t21-/m1/s1. The molecule has 0 spiro atoms. The van der Waals surface area contributed by atoms with E-state index in [1.54, 1.807) is 18.2 Å². The summed E-state index contributed by atoms with van der Waals surface area (Å²) in [6.07, 6.45) is 3.23. The number of nitrogens with zero attached hydrogens (tertiary/aromatic N) is 4. The number of hydrogen-bond acceptors (Lipinski definition) is 12. The van der Waals surface area contributed by atoms with Crippen LogP contribution in [0.4, 0.5) is 5.13 Å². The number of carbonyl (C=O) groups is 1. The molecule has 0 aliphatic carbocycles. The molecule has 2 aliphatic heterocycles. The Kier molecular flexibility index (Phi) is 10.3. The molecule has 2 saturated heterocycles. The maximum Gasteiger partial charge on any atom is 0.280 e. The van der Waals surface area contributed by atoms with Gasteiger partial charge < -0.3 is 19.0 Å². The fraction of sp³-hybridized carbons (Fsp3) is 0.500. The zero-order chi connectivity index (χ0) is 29.4. The number of nitrogens with one attached hydrogen (secondary N) is 1. The summed E-state index contributed by atoms with van der Waals surface area (Å²) in [5, 5.41) is 7.28. The molecular weight excluding hydrogens is 582 g/mol. The Labute approximate surface area is 248 Å². The van der Waals surface area contributed by atoms with Crippen LogP contribution in [0, 0.1) is 0 Å². The first-order chi connectivity index (χ1) is 20.4. The SMILES string of the molecule is COCCCS(=O)(=O)c1ccc(/C(=N\O[C@@H]2CCOC2)C(=O)Nc2nc3ccc(OCCN4CCCC4)nc3s2)cc1. The molecule has 5 rings (SSSR count). The predicted octanol–water partition coefficient (Wildman–Crippen LogP) is 3.12. The molecule has 3 aromatic rings. The van der Waals surface area contributed by atoms with Crippen LogP contribution in [-0.2, 0) is 28.9 Å². The van der Waals surface area contributed by atoms with Gasteiger partial charge in [0.05, 0.1) is 23.9 Å². The van der Waals surface area contributed by atoms with E-state index in [-0.39, 0.29) is 22.5 Å². The Balaban J connectivity index is 1.29. The third kappa shape index (κ3) is 8.01. The number of anilines is 1. The van der Waals surface area contributed by atoms with Crippen LogP contribution in [0.3, 0.4) is 0 Å². The van der Waals surface area contributed by atoms with Crippen molar-refractivity contribution in [2.24, 2.45) is 5.16 Å². The van der Waals surface area contributed by atoms with Crippen LogP contribution in [0.5, 0.6) is 5.88 Å². The number of likely N-dealkylation sites (tertiary alicyclic amines) is 1. The summed E-state index contributed by atoms with van der Waals surface area (Å²) in [6, 6.07) is 9.60. The average Bonchev–Trinajstić information content (AvgIpc) is 3.76. The second-order valence-corrected chi connectivity index (χ2v) is 13.2. The highest BCUT2D eigenvalue weighted by molar-refractivity contribution is 7.91. The summed E-state index contributed by atoms with van der Waals surface area (Å²) in [7, 11) is -1.97. The molecule has 2 aromatic heterocycles. The third-order valence-corrected chi connectivity index (χ3v) is 9.65. The number of amides is 1. The summed E-state index contributed by atoms with van der Waals surface area (Å²) in [5.74, 6) is -0.0795. The third-order valence-electron chi connectivity index (χ3n) is 6.95. The number of aromatic nitrogens is 2. The van der Waals surface area contributed by atoms with E-state index in [9.17, 15) is 13.2 Å². The van der Waals surface area contributed by atoms with Gasteiger partial charge in [0.25, 0.3) is 5.91 Å². The van der Waals surface area contributed by atoms with Gasteiger partial charge in [-0.3, -0.25) is 15.0 Å². The van der Waals surface area contributed by atoms with E-state index in [4.69, 9.17) is 19.0 Å². The van der Waals surface area contributed by atoms with Crippen molar-refractivity contribution in [3.8, 4) is 5.88 Å². The molecule has 0 saturated carbocycles. The van der Waals surface area contributed by atoms with Crippen molar-refractivity contribution < 1.29 is 32.3 Å². The van der Waals surface area contributed by atoms with Crippen molar-refractivity contribution in [1.29, 1.82) is 0 Å². The number of benzene rings is 1. The van der Waals surface area contributed by atoms with E-state index in [0.29, 0.717) is 66.2 Å². The molecule has 0 radical (unpaired) electrons. The number of hydrogen-bond donors (Lipinski definition) is 1. The maximum atomic E-state index is 13.4. The topological polar surface area (TPSA) is 142 Å². The number of pyridine rings is 1. The molecule has 1 aromatic carbocycles. The van der Waals surface area contributed by atoms with Gasteiger partial charge in [-0.05, 0) is 50.6 Å². The van der Waals surface area contributed by atoms with Crippen molar-refractivity contribution in [3.63, 3.8) is 0 Å². The Morgan fingerprint density at radius 3 is 2.69 bits per heavy atom. The number of oxime groups is 1. The van der Waals surface area contributed by atoms with Crippen LogP contribution in [0.1, 0.15) is 31.2 Å². The summed E-state index contributed by atoms with van der Waals surface area (Å²) < 4.78 is 41.5. The van der Waals surface area contributed by atoms with Gasteiger partial charge in [-0.2, -0.15) is 0 Å². The molecule has 0 unspecified atom stereocenters. The molecule has 2 fully saturated rings. The summed E-state index contributed by atoms with van der Waals surface area (Å²) in [6.45, 7) is 4.92. The fourth-order valence-electron chi connectivity index (χ4n) is 4.66. The van der Waals surface area contributed by atoms with E-state index in [2.05, 4.69) is 25.3 Å². The Morgan fingerprint density at radius 2 is 1.95 bits per heavy atom. The normalized spacial score (nSPS) is 18.0. The molecular formula is C28H35N5O7S2. The molecule has 0 bridgehead atoms. The van der Waals surface area contributed by atoms with Crippen LogP contribution in [0.2, 0.25) is 0 Å². The maximum absolute atomic E-state index is 13.4. The van der Waals surface area contributed by atoms with Crippen LogP contribution in [0.25, 0.3) is 10.3 Å². The fourth-order valence-corrected chi connectivity index (χ4v) is 6.76. The lowest BCUT2D eigenvalue weighted by molar-refractivity contribution is -0.110. The van der Waals surface area contributed by atoms with Crippen molar-refractivity contribution in [2.45, 2.75) is 36.7 Å². The molecule has 12 nitrogen and oxygen atoms in total. The van der Waals surface area contributed by atoms with Gasteiger partial charge in [-0.1, -0.05) is 28.6 Å². The second-order valence-electron chi connectivity index (χ2n) is 10.1. The number of rotatable bonds is 14. The second kappa shape index (κ2) is 14.3. The predicted molar refractivity (Wildman–Crippen MR) is 159 cm³/mol. The van der Waals surface area contributed by atoms with Gasteiger partial charge in [-0.25, -0.2) is 18.4 Å². The smallest absolute Gasteiger partial charge is 0.280 e. The molecule has 1 N–H and O–H groups in total. The van der Waals surface area contributed by atoms with Crippen molar-refractivity contribution >= 4 is 48.3 Å². The highest BCUT2D eigenvalue weighted by Crippen LogP contribution is 2.27. The number of ether oxygens (including phenoxy) is 3. The number of methoxy groups -OCH3 is 1. The van der Waals surface area contributed by atoms with E-state index < -0.39 is 15.7 Å². The van der Waals surface area contributed by atoms with Gasteiger partial charge in [-0.15, -0.1) is 0 Å². The molecule has 14 heteroatoms. The minimum atomic E-state index is -3.49. The molecule has 42 heavy (non-hydrogen) atoms. The zero-order valence-corrected chi connectivity index (χ0v) is 25.1. The van der Waals surface area contributed by atoms with Gasteiger partial charge in [0, 0.05) is 38.3 Å². The van der Waals surface area contributed by atoms with Gasteiger partial charge >= 0.3 is 0 Å². The first kappa shape index (κ1) is 30.3. The number of sulfone groups is 1. The molecule has 1 amide bonds. The zero-order valence-electron chi connectivity index (χ0n) is 23.5. The van der Waals surface area contributed by atoms with Crippen molar-refractivity contribution in [1.82, 2.24) is 14.9 Å². The molecule has 1 atom stereocenters. The average molecular weight is 618 g/mol. The Bertz CT molecular complexity index is 1480. The molecule has 2 aliphatic rings. The number of carbonyl (C=O) groups excluding carboxylic acids is 1. The van der Waals surface area contributed by atoms with Crippen molar-refractivity contribution in [2.75, 3.05) is 64.2 Å². The largest absolute Gasteiger partial charge is 0.476 e. The minimum absolute atomic E-state index is 0.0108. The van der Waals surface area contributed by atoms with E-state index in [0.717, 1.165) is 19.6 Å². The van der Waals surface area contributed by atoms with E-state index in [1.165, 1.54) is 43.4 Å². The van der Waals surface area contributed by atoms with E-state index >= 15 is 0 Å². The number of fused-ring (bicyclic) bond motifs is 1. The lowest BCUT2D eigenvalue weighted by atomic mass is 10.1. The van der Waals surface area contributed by atoms with Crippen LogP contribution in [-0.4, -0.2) is 99.9 Å². The van der Waals surface area contributed by atoms with Crippen LogP contribution >= 0.6 is 11.3 Å². The first-order valence-electron chi connectivity index (χ1n) is 14.0. The van der Waals surface area contributed by atoms with Crippen LogP contribution < -0.4 is 10.1 Å². The Morgan fingerprint density at radius 1 is 1.14 bits per heavy atom. The highest BCUT2D eigenvalue weighted by Gasteiger charge is 2.23. The summed E-state index contributed by atoms with van der Waals surface area (Å²) in [5.41, 5.74) is 1.02. The van der Waals surface area contributed by atoms with Gasteiger partial charge in [0.2, 0.25) is 5.88 Å². The number of thiazole rings is 1. The monoisotopic (exact) mass is 617 g/mol. The first-order valence-corrected chi connectivity index (χ1v) is 16.5. The van der Waals surface area contributed by atoms with Crippen LogP contribution in [0.15, 0.2) is 46.4 Å². The molecule has 4 heterocycles. The Hall–Kier alpha value is -3.17. The molecule has 226 valence electrons. The lowest BCUT2D eigenvalue weighted by Gasteiger charge is -2.14.